The molecule has 3 rings (SSSR count). The zero-order valence-corrected chi connectivity index (χ0v) is 13.8. The van der Waals surface area contributed by atoms with Crippen LogP contribution < -0.4 is 11.1 Å². The average molecular weight is 342 g/mol. The van der Waals surface area contributed by atoms with Gasteiger partial charge in [0.25, 0.3) is 11.9 Å². The number of hydrogen-bond acceptors (Lipinski definition) is 5. The van der Waals surface area contributed by atoms with Crippen LogP contribution in [-0.2, 0) is 11.2 Å². The first-order valence-electron chi connectivity index (χ1n) is 8.04. The van der Waals surface area contributed by atoms with Crippen LogP contribution in [-0.4, -0.2) is 29.1 Å². The Kier molecular flexibility index (Phi) is 4.92. The summed E-state index contributed by atoms with van der Waals surface area (Å²) in [7, 11) is 0. The lowest BCUT2D eigenvalue weighted by molar-refractivity contribution is 0.102. The van der Waals surface area contributed by atoms with Gasteiger partial charge in [-0.15, -0.1) is 0 Å². The van der Waals surface area contributed by atoms with E-state index in [1.807, 2.05) is 19.1 Å². The third kappa shape index (κ3) is 4.32. The van der Waals surface area contributed by atoms with Gasteiger partial charge in [-0.3, -0.25) is 4.79 Å². The molecule has 2 aromatic rings. The van der Waals surface area contributed by atoms with Crippen molar-refractivity contribution in [2.24, 2.45) is 10.7 Å². The van der Waals surface area contributed by atoms with E-state index in [9.17, 15) is 9.18 Å². The molecule has 7 heteroatoms. The Morgan fingerprint density at radius 1 is 1.28 bits per heavy atom. The highest BCUT2D eigenvalue weighted by Crippen LogP contribution is 2.18. The van der Waals surface area contributed by atoms with Crippen molar-refractivity contribution in [2.45, 2.75) is 31.9 Å². The van der Waals surface area contributed by atoms with Gasteiger partial charge in [0, 0.05) is 5.69 Å². The zero-order chi connectivity index (χ0) is 17.8. The van der Waals surface area contributed by atoms with E-state index >= 15 is 0 Å². The lowest BCUT2D eigenvalue weighted by Gasteiger charge is -2.12. The van der Waals surface area contributed by atoms with Crippen LogP contribution in [0.1, 0.15) is 29.4 Å². The first-order valence-corrected chi connectivity index (χ1v) is 8.04. The number of halogens is 1. The molecule has 0 aliphatic carbocycles. The zero-order valence-electron chi connectivity index (χ0n) is 13.8. The molecule has 0 fully saturated rings. The van der Waals surface area contributed by atoms with Crippen LogP contribution in [0.15, 0.2) is 47.5 Å². The predicted octanol–water partition coefficient (Wildman–Crippen LogP) is 2.51. The number of aromatic nitrogens is 1. The molecule has 130 valence electrons. The molecule has 2 heterocycles. The fourth-order valence-electron chi connectivity index (χ4n) is 2.67. The van der Waals surface area contributed by atoms with Crippen LogP contribution in [0.3, 0.4) is 0 Å². The van der Waals surface area contributed by atoms with Gasteiger partial charge in [-0.05, 0) is 49.6 Å². The second-order valence-electron chi connectivity index (χ2n) is 5.89. The molecule has 3 N–H and O–H groups in total. The number of nitrogens with one attached hydrogen (secondary N) is 1. The summed E-state index contributed by atoms with van der Waals surface area (Å²) in [6, 6.07) is 11.9. The summed E-state index contributed by atoms with van der Waals surface area (Å²) in [5, 5.41) is 2.70. The fourth-order valence-corrected chi connectivity index (χ4v) is 2.67. The minimum atomic E-state index is -0.684. The summed E-state index contributed by atoms with van der Waals surface area (Å²) in [4.78, 5) is 19.9. The molecule has 1 aliphatic heterocycles. The van der Waals surface area contributed by atoms with Gasteiger partial charge in [0.05, 0.1) is 6.04 Å². The maximum atomic E-state index is 13.1. The second kappa shape index (κ2) is 7.29. The van der Waals surface area contributed by atoms with E-state index < -0.39 is 11.9 Å². The van der Waals surface area contributed by atoms with E-state index in [1.54, 1.807) is 12.1 Å². The van der Waals surface area contributed by atoms with Gasteiger partial charge in [0.1, 0.15) is 11.8 Å². The van der Waals surface area contributed by atoms with Gasteiger partial charge >= 0.3 is 0 Å². The average Bonchev–Trinajstić information content (AvgIpc) is 2.91. The molecular weight excluding hydrogens is 323 g/mol. The summed E-state index contributed by atoms with van der Waals surface area (Å²) in [5.74, 6) is -1.13. The van der Waals surface area contributed by atoms with E-state index in [0.717, 1.165) is 18.4 Å². The number of aryl methyl sites for hydroxylation is 1. The van der Waals surface area contributed by atoms with Crippen molar-refractivity contribution < 1.29 is 13.9 Å². The number of amides is 1. The smallest absolute Gasteiger partial charge is 0.282 e. The number of nitrogens with two attached hydrogens (primary N) is 1. The van der Waals surface area contributed by atoms with Gasteiger partial charge in [-0.1, -0.05) is 18.2 Å². The van der Waals surface area contributed by atoms with Crippen molar-refractivity contribution >= 4 is 17.6 Å². The molecule has 1 amide bonds. The Hall–Kier alpha value is -2.96. The van der Waals surface area contributed by atoms with Gasteiger partial charge in [-0.2, -0.15) is 4.39 Å². The van der Waals surface area contributed by atoms with Crippen molar-refractivity contribution in [2.75, 3.05) is 5.32 Å². The van der Waals surface area contributed by atoms with Gasteiger partial charge < -0.3 is 15.8 Å². The lowest BCUT2D eigenvalue weighted by Crippen LogP contribution is -2.20. The first-order chi connectivity index (χ1) is 12.0. The SMILES string of the molecule is C[C@@H]1OC(N)=NC1CCc1ccc(NC(=O)c2cccc(F)n2)cc1. The molecule has 2 atom stereocenters. The van der Waals surface area contributed by atoms with E-state index in [0.29, 0.717) is 5.69 Å². The number of ether oxygens (including phenoxy) is 1. The van der Waals surface area contributed by atoms with Crippen LogP contribution >= 0.6 is 0 Å². The number of aliphatic imine (C=N–C) groups is 1. The maximum absolute atomic E-state index is 13.1. The lowest BCUT2D eigenvalue weighted by atomic mass is 10.0. The van der Waals surface area contributed by atoms with Gasteiger partial charge in [0.2, 0.25) is 5.95 Å². The summed E-state index contributed by atoms with van der Waals surface area (Å²) in [5.41, 5.74) is 7.35. The number of hydrogen-bond donors (Lipinski definition) is 2. The summed E-state index contributed by atoms with van der Waals surface area (Å²) < 4.78 is 18.4. The Morgan fingerprint density at radius 3 is 2.68 bits per heavy atom. The Bertz CT molecular complexity index is 792. The highest BCUT2D eigenvalue weighted by atomic mass is 19.1. The molecule has 0 spiro atoms. The number of nitrogens with zero attached hydrogens (tertiary/aromatic N) is 2. The van der Waals surface area contributed by atoms with Crippen LogP contribution in [0.5, 0.6) is 0 Å². The monoisotopic (exact) mass is 342 g/mol. The third-order valence-corrected chi connectivity index (χ3v) is 4.03. The van der Waals surface area contributed by atoms with Crippen molar-refractivity contribution in [1.82, 2.24) is 4.98 Å². The first kappa shape index (κ1) is 16.9. The van der Waals surface area contributed by atoms with Crippen LogP contribution in [0.4, 0.5) is 10.1 Å². The molecule has 0 radical (unpaired) electrons. The number of carbonyl (C=O) groups excluding carboxylic acids is 1. The number of benzene rings is 1. The number of anilines is 1. The highest BCUT2D eigenvalue weighted by molar-refractivity contribution is 6.02. The number of carbonyl (C=O) groups is 1. The summed E-state index contributed by atoms with van der Waals surface area (Å²) in [6.45, 7) is 1.95. The number of rotatable bonds is 5. The Morgan fingerprint density at radius 2 is 2.04 bits per heavy atom. The molecule has 6 nitrogen and oxygen atoms in total. The van der Waals surface area contributed by atoms with E-state index in [-0.39, 0.29) is 23.9 Å². The topological polar surface area (TPSA) is 89.6 Å². The van der Waals surface area contributed by atoms with E-state index in [1.165, 1.54) is 18.2 Å². The largest absolute Gasteiger partial charge is 0.460 e. The fraction of sp³-hybridized carbons (Fsp3) is 0.278. The van der Waals surface area contributed by atoms with Gasteiger partial charge in [-0.25, -0.2) is 9.98 Å². The molecule has 1 aromatic carbocycles. The second-order valence-corrected chi connectivity index (χ2v) is 5.89. The molecule has 0 bridgehead atoms. The minimum absolute atomic E-state index is 0.00247. The maximum Gasteiger partial charge on any atom is 0.282 e. The molecule has 25 heavy (non-hydrogen) atoms. The Balaban J connectivity index is 1.56. The Labute approximate surface area is 144 Å². The summed E-state index contributed by atoms with van der Waals surface area (Å²) >= 11 is 0. The predicted molar refractivity (Wildman–Crippen MR) is 92.9 cm³/mol. The van der Waals surface area contributed by atoms with E-state index in [2.05, 4.69) is 15.3 Å². The van der Waals surface area contributed by atoms with Crippen molar-refractivity contribution in [1.29, 1.82) is 0 Å². The van der Waals surface area contributed by atoms with Crippen molar-refractivity contribution in [3.63, 3.8) is 0 Å². The van der Waals surface area contributed by atoms with Crippen LogP contribution in [0, 0.1) is 5.95 Å². The van der Waals surface area contributed by atoms with Gasteiger partial charge in [0.15, 0.2) is 0 Å². The standard InChI is InChI=1S/C18H19FN4O2/c1-11-14(23-18(20)25-11)10-7-12-5-8-13(9-6-12)21-17(24)15-3-2-4-16(19)22-15/h2-6,8-9,11,14H,7,10H2,1H3,(H2,20,23)(H,21,24)/t11-,14?/m0/s1. The molecule has 1 aromatic heterocycles. The van der Waals surface area contributed by atoms with Crippen LogP contribution in [0.2, 0.25) is 0 Å². The van der Waals surface area contributed by atoms with Crippen molar-refractivity contribution in [3.8, 4) is 0 Å². The molecule has 1 aliphatic rings. The van der Waals surface area contributed by atoms with E-state index in [4.69, 9.17) is 10.5 Å². The quantitative estimate of drug-likeness (QED) is 0.817. The third-order valence-electron chi connectivity index (χ3n) is 4.03. The minimum Gasteiger partial charge on any atom is -0.460 e. The normalized spacial score (nSPS) is 19.2. The molecule has 0 saturated heterocycles. The molecule has 0 saturated carbocycles. The summed E-state index contributed by atoms with van der Waals surface area (Å²) in [6.07, 6.45) is 1.66. The number of pyridine rings is 1. The highest BCUT2D eigenvalue weighted by Gasteiger charge is 2.25. The van der Waals surface area contributed by atoms with Crippen molar-refractivity contribution in [3.05, 3.63) is 59.7 Å². The molecular formula is C18H19FN4O2. The number of amidine groups is 1. The van der Waals surface area contributed by atoms with Crippen LogP contribution in [0.25, 0.3) is 0 Å². The molecule has 1 unspecified atom stereocenters.